The van der Waals surface area contributed by atoms with Crippen LogP contribution in [-0.2, 0) is 11.2 Å². The third-order valence-electron chi connectivity index (χ3n) is 4.33. The molecule has 0 aliphatic heterocycles. The van der Waals surface area contributed by atoms with Crippen molar-refractivity contribution < 1.29 is 22.7 Å². The molecule has 0 saturated heterocycles. The summed E-state index contributed by atoms with van der Waals surface area (Å²) >= 11 is 7.68. The van der Waals surface area contributed by atoms with Crippen LogP contribution >= 0.6 is 22.9 Å². The second-order valence-electron chi connectivity index (χ2n) is 6.62. The zero-order valence-corrected chi connectivity index (χ0v) is 18.2. The van der Waals surface area contributed by atoms with E-state index >= 15 is 0 Å². The summed E-state index contributed by atoms with van der Waals surface area (Å²) < 4.78 is 44.1. The molecule has 0 bridgehead atoms. The maximum atomic E-state index is 13.0. The molecule has 166 valence electrons. The molecule has 0 fully saturated rings. The van der Waals surface area contributed by atoms with Crippen molar-refractivity contribution in [1.82, 2.24) is 0 Å². The molecule has 32 heavy (non-hydrogen) atoms. The average Bonchev–Trinajstić information content (AvgIpc) is 3.27. The van der Waals surface area contributed by atoms with E-state index in [4.69, 9.17) is 21.7 Å². The first-order valence-electron chi connectivity index (χ1n) is 9.43. The van der Waals surface area contributed by atoms with E-state index in [0.29, 0.717) is 28.8 Å². The first-order chi connectivity index (χ1) is 15.2. The van der Waals surface area contributed by atoms with E-state index in [2.05, 4.69) is 5.32 Å². The van der Waals surface area contributed by atoms with Crippen LogP contribution in [0.5, 0.6) is 0 Å². The van der Waals surface area contributed by atoms with Crippen molar-refractivity contribution in [3.05, 3.63) is 93.1 Å². The van der Waals surface area contributed by atoms with Crippen LogP contribution in [0.1, 0.15) is 20.8 Å². The normalized spacial score (nSPS) is 11.8. The van der Waals surface area contributed by atoms with Gasteiger partial charge < -0.3 is 10.1 Å². The Balaban J connectivity index is 1.77. The molecule has 0 aliphatic carbocycles. The van der Waals surface area contributed by atoms with E-state index in [1.807, 2.05) is 17.5 Å². The number of para-hydroxylation sites is 1. The van der Waals surface area contributed by atoms with Crippen LogP contribution in [0.4, 0.5) is 18.9 Å². The molecule has 0 atom stereocenters. The summed E-state index contributed by atoms with van der Waals surface area (Å²) in [7, 11) is 0. The number of alkyl halides is 3. The summed E-state index contributed by atoms with van der Waals surface area (Å²) in [5, 5.41) is 12.4. The first kappa shape index (κ1) is 23.6. The molecule has 0 radical (unpaired) electrons. The molecule has 1 aromatic heterocycles. The van der Waals surface area contributed by atoms with Crippen LogP contribution in [0.3, 0.4) is 0 Å². The smallest absolute Gasteiger partial charge is 0.432 e. The number of carbonyl (C=O) groups excluding carboxylic acids is 1. The number of allylic oxidation sites excluding steroid dienone is 1. The molecule has 3 rings (SSSR count). The molecule has 0 spiro atoms. The van der Waals surface area contributed by atoms with Crippen molar-refractivity contribution in [3.8, 4) is 0 Å². The van der Waals surface area contributed by atoms with E-state index in [1.54, 1.807) is 35.6 Å². The minimum absolute atomic E-state index is 0.0121. The number of ether oxygens (including phenoxy) is 1. The minimum Gasteiger partial charge on any atom is -0.462 e. The quantitative estimate of drug-likeness (QED) is 0.275. The lowest BCUT2D eigenvalue weighted by molar-refractivity contribution is -0.0583. The Bertz CT molecular complexity index is 1110. The van der Waals surface area contributed by atoms with Crippen LogP contribution in [0.25, 0.3) is 5.70 Å². The van der Waals surface area contributed by atoms with Gasteiger partial charge in [0.1, 0.15) is 5.71 Å². The molecule has 0 amide bonds. The number of carbonyl (C=O) groups is 1. The minimum atomic E-state index is -4.81. The maximum Gasteiger partial charge on any atom is 0.432 e. The Labute approximate surface area is 191 Å². The highest BCUT2D eigenvalue weighted by Gasteiger charge is 2.33. The zero-order chi connectivity index (χ0) is 23.1. The Kier molecular flexibility index (Phi) is 7.71. The molecule has 2 aromatic carbocycles. The predicted octanol–water partition coefficient (Wildman–Crippen LogP) is 6.84. The number of thiophene rings is 1. The Hall–Kier alpha value is -3.10. The van der Waals surface area contributed by atoms with Gasteiger partial charge in [-0.3, -0.25) is 5.41 Å². The van der Waals surface area contributed by atoms with Crippen molar-refractivity contribution in [2.45, 2.75) is 12.6 Å². The number of hydrogen-bond donors (Lipinski definition) is 2. The van der Waals surface area contributed by atoms with Crippen LogP contribution in [0, 0.1) is 5.41 Å². The van der Waals surface area contributed by atoms with Crippen molar-refractivity contribution in [2.75, 3.05) is 11.9 Å². The SMILES string of the molecule is N=C(/C=C(\Nc1ccccc1Cl)c1ccc(C(=O)OCCc2cccs2)cc1)C(F)(F)F. The van der Waals surface area contributed by atoms with Crippen LogP contribution in [0.2, 0.25) is 5.02 Å². The molecule has 1 heterocycles. The fourth-order valence-corrected chi connectivity index (χ4v) is 3.57. The number of halogens is 4. The van der Waals surface area contributed by atoms with E-state index in [1.165, 1.54) is 24.3 Å². The maximum absolute atomic E-state index is 13.0. The van der Waals surface area contributed by atoms with Gasteiger partial charge in [-0.15, -0.1) is 11.3 Å². The molecular weight excluding hydrogens is 461 g/mol. The number of nitrogens with one attached hydrogen (secondary N) is 2. The van der Waals surface area contributed by atoms with Gasteiger partial charge in [0.05, 0.1) is 22.9 Å². The second-order valence-corrected chi connectivity index (χ2v) is 8.06. The molecule has 0 saturated carbocycles. The van der Waals surface area contributed by atoms with Gasteiger partial charge in [-0.25, -0.2) is 4.79 Å². The number of rotatable bonds is 8. The van der Waals surface area contributed by atoms with E-state index in [9.17, 15) is 18.0 Å². The van der Waals surface area contributed by atoms with E-state index in [0.717, 1.165) is 4.88 Å². The zero-order valence-electron chi connectivity index (χ0n) is 16.6. The fraction of sp³-hybridized carbons (Fsp3) is 0.130. The fourth-order valence-electron chi connectivity index (χ4n) is 2.69. The Morgan fingerprint density at radius 2 is 1.75 bits per heavy atom. The van der Waals surface area contributed by atoms with Gasteiger partial charge in [0.15, 0.2) is 0 Å². The Morgan fingerprint density at radius 3 is 2.38 bits per heavy atom. The van der Waals surface area contributed by atoms with Crippen LogP contribution in [0.15, 0.2) is 72.1 Å². The number of esters is 1. The van der Waals surface area contributed by atoms with Gasteiger partial charge in [0, 0.05) is 17.0 Å². The van der Waals surface area contributed by atoms with Crippen molar-refractivity contribution in [1.29, 1.82) is 5.41 Å². The van der Waals surface area contributed by atoms with Gasteiger partial charge >= 0.3 is 12.1 Å². The summed E-state index contributed by atoms with van der Waals surface area (Å²) in [6.45, 7) is 0.225. The highest BCUT2D eigenvalue weighted by Crippen LogP contribution is 2.27. The average molecular weight is 479 g/mol. The van der Waals surface area contributed by atoms with E-state index in [-0.39, 0.29) is 17.9 Å². The topological polar surface area (TPSA) is 62.2 Å². The number of hydrogen-bond acceptors (Lipinski definition) is 5. The summed E-state index contributed by atoms with van der Waals surface area (Å²) in [4.78, 5) is 13.3. The first-order valence-corrected chi connectivity index (χ1v) is 10.7. The third-order valence-corrected chi connectivity index (χ3v) is 5.60. The molecule has 3 aromatic rings. The predicted molar refractivity (Wildman–Crippen MR) is 122 cm³/mol. The lowest BCUT2D eigenvalue weighted by Gasteiger charge is -2.15. The lowest BCUT2D eigenvalue weighted by Crippen LogP contribution is -2.20. The van der Waals surface area contributed by atoms with Crippen molar-refractivity contribution in [3.63, 3.8) is 0 Å². The monoisotopic (exact) mass is 478 g/mol. The second kappa shape index (κ2) is 10.5. The largest absolute Gasteiger partial charge is 0.462 e. The van der Waals surface area contributed by atoms with Gasteiger partial charge in [0.25, 0.3) is 0 Å². The van der Waals surface area contributed by atoms with Gasteiger partial charge in [0.2, 0.25) is 0 Å². The summed E-state index contributed by atoms with van der Waals surface area (Å²) in [5.41, 5.74) is -0.522. The van der Waals surface area contributed by atoms with Crippen molar-refractivity contribution in [2.24, 2.45) is 0 Å². The molecule has 2 N–H and O–H groups in total. The summed E-state index contributed by atoms with van der Waals surface area (Å²) in [6, 6.07) is 16.3. The third kappa shape index (κ3) is 6.45. The standard InChI is InChI=1S/C23H18ClF3N2O2S/c24-18-5-1-2-6-19(18)29-20(14-21(28)23(25,26)27)15-7-9-16(10-8-15)22(30)31-12-11-17-4-3-13-32-17/h1-10,13-14,28-29H,11-12H2/b20-14-,28-21?. The molecule has 0 aliphatic rings. The van der Waals surface area contributed by atoms with Crippen molar-refractivity contribution >= 4 is 46.0 Å². The summed E-state index contributed by atoms with van der Waals surface area (Å²) in [6.07, 6.45) is -3.52. The molecule has 4 nitrogen and oxygen atoms in total. The summed E-state index contributed by atoms with van der Waals surface area (Å²) in [5.74, 6) is -0.527. The highest BCUT2D eigenvalue weighted by atomic mass is 35.5. The van der Waals surface area contributed by atoms with Gasteiger partial charge in [-0.1, -0.05) is 41.9 Å². The number of benzene rings is 2. The van der Waals surface area contributed by atoms with Gasteiger partial charge in [-0.05, 0) is 47.4 Å². The van der Waals surface area contributed by atoms with E-state index < -0.39 is 17.9 Å². The Morgan fingerprint density at radius 1 is 1.06 bits per heavy atom. The number of anilines is 1. The molecule has 0 unspecified atom stereocenters. The van der Waals surface area contributed by atoms with Gasteiger partial charge in [-0.2, -0.15) is 13.2 Å². The molecular formula is C23H18ClF3N2O2S. The lowest BCUT2D eigenvalue weighted by atomic mass is 10.1. The molecule has 9 heteroatoms. The van der Waals surface area contributed by atoms with Crippen LogP contribution < -0.4 is 5.32 Å². The van der Waals surface area contributed by atoms with Crippen LogP contribution in [-0.4, -0.2) is 24.5 Å². The highest BCUT2D eigenvalue weighted by molar-refractivity contribution is 7.09.